The average molecular weight is 402 g/mol. The fourth-order valence-corrected chi connectivity index (χ4v) is 5.01. The zero-order valence-electron chi connectivity index (χ0n) is 17.0. The molecule has 5 heteroatoms. The molecule has 154 valence electrons. The summed E-state index contributed by atoms with van der Waals surface area (Å²) < 4.78 is 2.20. The number of aromatic nitrogens is 2. The van der Waals surface area contributed by atoms with Gasteiger partial charge in [0.1, 0.15) is 0 Å². The van der Waals surface area contributed by atoms with E-state index in [1.807, 2.05) is 42.9 Å². The summed E-state index contributed by atoms with van der Waals surface area (Å²) in [7, 11) is 0. The molecule has 2 aliphatic heterocycles. The topological polar surface area (TPSA) is 58.4 Å². The lowest BCUT2D eigenvalue weighted by molar-refractivity contribution is 0.0462. The van der Waals surface area contributed by atoms with Gasteiger partial charge in [-0.2, -0.15) is 0 Å². The van der Waals surface area contributed by atoms with Gasteiger partial charge in [-0.3, -0.25) is 9.69 Å². The van der Waals surface area contributed by atoms with Crippen LogP contribution >= 0.6 is 0 Å². The number of aliphatic hydroxyl groups is 1. The van der Waals surface area contributed by atoms with Gasteiger partial charge in [-0.25, -0.2) is 4.98 Å². The summed E-state index contributed by atoms with van der Waals surface area (Å²) in [6, 6.07) is 18.1. The zero-order valence-corrected chi connectivity index (χ0v) is 17.0. The number of nitrogens with zero attached hydrogens (tertiary/aromatic N) is 3. The van der Waals surface area contributed by atoms with E-state index in [4.69, 9.17) is 0 Å². The molecule has 2 aliphatic rings. The molecule has 1 aromatic heterocycles. The summed E-state index contributed by atoms with van der Waals surface area (Å²) >= 11 is 0. The number of benzene rings is 2. The number of Topliss-reactive ketones (excluding diaryl/α,β-unsaturated/α-hetero) is 1. The second-order valence-corrected chi connectivity index (χ2v) is 8.50. The van der Waals surface area contributed by atoms with Crippen LogP contribution in [0.1, 0.15) is 41.2 Å². The lowest BCUT2D eigenvalue weighted by Gasteiger charge is -2.34. The van der Waals surface area contributed by atoms with E-state index in [2.05, 4.69) is 38.7 Å². The van der Waals surface area contributed by atoms with Crippen LogP contribution in [0.25, 0.3) is 11.3 Å². The quantitative estimate of drug-likeness (QED) is 0.639. The summed E-state index contributed by atoms with van der Waals surface area (Å²) in [6.07, 6.45) is 5.98. The van der Waals surface area contributed by atoms with Crippen LogP contribution in [0.4, 0.5) is 0 Å². The number of hydrogen-bond acceptors (Lipinski definition) is 4. The number of imidazole rings is 1. The highest BCUT2D eigenvalue weighted by molar-refractivity contribution is 5.97. The highest BCUT2D eigenvalue weighted by Crippen LogP contribution is 2.42. The third-order valence-electron chi connectivity index (χ3n) is 6.70. The van der Waals surface area contributed by atoms with E-state index < -0.39 is 0 Å². The zero-order chi connectivity index (χ0) is 20.5. The number of rotatable bonds is 6. The number of carbonyl (C=O) groups is 1. The lowest BCUT2D eigenvalue weighted by atomic mass is 9.86. The Kier molecular flexibility index (Phi) is 5.23. The average Bonchev–Trinajstić information content (AvgIpc) is 3.37. The molecule has 1 N–H and O–H groups in total. The number of piperidine rings is 1. The van der Waals surface area contributed by atoms with Crippen LogP contribution in [0.15, 0.2) is 67.1 Å². The van der Waals surface area contributed by atoms with Gasteiger partial charge in [0.2, 0.25) is 0 Å². The molecule has 1 fully saturated rings. The van der Waals surface area contributed by atoms with E-state index in [0.717, 1.165) is 37.2 Å². The molecule has 3 heterocycles. The van der Waals surface area contributed by atoms with Crippen molar-refractivity contribution in [3.63, 3.8) is 0 Å². The monoisotopic (exact) mass is 401 g/mol. The maximum atomic E-state index is 12.5. The van der Waals surface area contributed by atoms with E-state index in [0.29, 0.717) is 13.0 Å². The third kappa shape index (κ3) is 3.59. The highest BCUT2D eigenvalue weighted by atomic mass is 16.3. The molecule has 0 aliphatic carbocycles. The van der Waals surface area contributed by atoms with Crippen LogP contribution in [-0.4, -0.2) is 51.1 Å². The highest BCUT2D eigenvalue weighted by Gasteiger charge is 2.33. The van der Waals surface area contributed by atoms with Crippen LogP contribution in [0.3, 0.4) is 0 Å². The summed E-state index contributed by atoms with van der Waals surface area (Å²) in [4.78, 5) is 19.0. The van der Waals surface area contributed by atoms with Crippen LogP contribution in [-0.2, 0) is 0 Å². The number of ketones is 1. The SMILES string of the molecule is O=C(CN1CCC([C@@H](O)C[C@@H]2c3ccccc3-c3cncn32)CC1)c1ccccc1. The third-order valence-corrected chi connectivity index (χ3v) is 6.70. The Morgan fingerprint density at radius 1 is 1.07 bits per heavy atom. The van der Waals surface area contributed by atoms with E-state index >= 15 is 0 Å². The first kappa shape index (κ1) is 19.2. The minimum absolute atomic E-state index is 0.145. The minimum atomic E-state index is -0.358. The first-order chi connectivity index (χ1) is 14.7. The van der Waals surface area contributed by atoms with Crippen molar-refractivity contribution in [2.24, 2.45) is 5.92 Å². The van der Waals surface area contributed by atoms with E-state index in [1.165, 1.54) is 11.1 Å². The second kappa shape index (κ2) is 8.17. The molecule has 5 nitrogen and oxygen atoms in total. The van der Waals surface area contributed by atoms with Crippen molar-refractivity contribution in [1.29, 1.82) is 0 Å². The largest absolute Gasteiger partial charge is 0.393 e. The van der Waals surface area contributed by atoms with E-state index in [-0.39, 0.29) is 23.8 Å². The van der Waals surface area contributed by atoms with Gasteiger partial charge in [-0.15, -0.1) is 0 Å². The lowest BCUT2D eigenvalue weighted by Crippen LogP contribution is -2.40. The Hall–Kier alpha value is -2.76. The fraction of sp³-hybridized carbons (Fsp3) is 0.360. The Labute approximate surface area is 177 Å². The molecular formula is C25H27N3O2. The van der Waals surface area contributed by atoms with Crippen molar-refractivity contribution in [2.45, 2.75) is 31.4 Å². The Balaban J connectivity index is 1.19. The maximum absolute atomic E-state index is 12.5. The normalized spacial score (nSPS) is 20.0. The van der Waals surface area contributed by atoms with Crippen molar-refractivity contribution in [3.8, 4) is 11.3 Å². The second-order valence-electron chi connectivity index (χ2n) is 8.50. The smallest absolute Gasteiger partial charge is 0.176 e. The number of likely N-dealkylation sites (tertiary alicyclic amines) is 1. The molecule has 0 amide bonds. The van der Waals surface area contributed by atoms with Gasteiger partial charge in [0.25, 0.3) is 0 Å². The van der Waals surface area contributed by atoms with Crippen LogP contribution in [0.5, 0.6) is 0 Å². The van der Waals surface area contributed by atoms with Gasteiger partial charge in [0, 0.05) is 11.1 Å². The number of hydrogen-bond donors (Lipinski definition) is 1. The molecule has 0 radical (unpaired) electrons. The predicted molar refractivity (Wildman–Crippen MR) is 116 cm³/mol. The molecule has 0 spiro atoms. The van der Waals surface area contributed by atoms with Crippen molar-refractivity contribution < 1.29 is 9.90 Å². The van der Waals surface area contributed by atoms with Gasteiger partial charge in [0.15, 0.2) is 5.78 Å². The first-order valence-electron chi connectivity index (χ1n) is 10.8. The van der Waals surface area contributed by atoms with Crippen LogP contribution in [0, 0.1) is 5.92 Å². The Morgan fingerprint density at radius 3 is 2.60 bits per heavy atom. The Bertz CT molecular complexity index is 1020. The predicted octanol–water partition coefficient (Wildman–Crippen LogP) is 3.80. The summed E-state index contributed by atoms with van der Waals surface area (Å²) in [5.41, 5.74) is 4.41. The van der Waals surface area contributed by atoms with Crippen molar-refractivity contribution in [2.75, 3.05) is 19.6 Å². The van der Waals surface area contributed by atoms with Crippen molar-refractivity contribution >= 4 is 5.78 Å². The number of carbonyl (C=O) groups excluding carboxylic acids is 1. The van der Waals surface area contributed by atoms with E-state index in [1.54, 1.807) is 0 Å². The molecule has 0 unspecified atom stereocenters. The van der Waals surface area contributed by atoms with Gasteiger partial charge in [-0.1, -0.05) is 54.6 Å². The summed E-state index contributed by atoms with van der Waals surface area (Å²) in [5.74, 6) is 0.442. The molecule has 2 aromatic carbocycles. The molecule has 30 heavy (non-hydrogen) atoms. The summed E-state index contributed by atoms with van der Waals surface area (Å²) in [6.45, 7) is 2.18. The molecule has 3 aromatic rings. The number of aliphatic hydroxyl groups excluding tert-OH is 1. The van der Waals surface area contributed by atoms with Gasteiger partial charge in [0.05, 0.1) is 36.9 Å². The molecule has 2 atom stereocenters. The van der Waals surface area contributed by atoms with Gasteiger partial charge in [-0.05, 0) is 43.8 Å². The van der Waals surface area contributed by atoms with E-state index in [9.17, 15) is 9.90 Å². The van der Waals surface area contributed by atoms with Gasteiger partial charge >= 0.3 is 0 Å². The Morgan fingerprint density at radius 2 is 1.80 bits per heavy atom. The molecular weight excluding hydrogens is 374 g/mol. The molecule has 0 saturated carbocycles. The first-order valence-corrected chi connectivity index (χ1v) is 10.8. The maximum Gasteiger partial charge on any atom is 0.176 e. The fourth-order valence-electron chi connectivity index (χ4n) is 5.01. The molecule has 5 rings (SSSR count). The minimum Gasteiger partial charge on any atom is -0.393 e. The van der Waals surface area contributed by atoms with Crippen LogP contribution < -0.4 is 0 Å². The van der Waals surface area contributed by atoms with Crippen molar-refractivity contribution in [3.05, 3.63) is 78.2 Å². The number of fused-ring (bicyclic) bond motifs is 3. The molecule has 1 saturated heterocycles. The van der Waals surface area contributed by atoms with Crippen LogP contribution in [0.2, 0.25) is 0 Å². The summed E-state index contributed by atoms with van der Waals surface area (Å²) in [5, 5.41) is 11.0. The molecule has 0 bridgehead atoms. The van der Waals surface area contributed by atoms with Gasteiger partial charge < -0.3 is 9.67 Å². The standard InChI is InChI=1S/C25H27N3O2/c29-24(14-22-20-8-4-5-9-21(20)23-15-26-17-28(22)23)19-10-12-27(13-11-19)16-25(30)18-6-2-1-3-7-18/h1-9,15,17,19,22,24,29H,10-14,16H2/t22-,24+/m1/s1. The van der Waals surface area contributed by atoms with Crippen molar-refractivity contribution in [1.82, 2.24) is 14.5 Å².